The van der Waals surface area contributed by atoms with E-state index < -0.39 is 4.92 Å². The number of carbonyl (C=O) groups excluding carboxylic acids is 1. The number of fused-ring (bicyclic) bond motifs is 1. The van der Waals surface area contributed by atoms with Crippen molar-refractivity contribution in [3.8, 4) is 11.5 Å². The van der Waals surface area contributed by atoms with Gasteiger partial charge in [0.15, 0.2) is 5.78 Å². The van der Waals surface area contributed by atoms with Gasteiger partial charge in [0.05, 0.1) is 10.7 Å². The van der Waals surface area contributed by atoms with Gasteiger partial charge in [-0.2, -0.15) is 5.10 Å². The molecule has 1 aliphatic carbocycles. The number of hydrogen-bond acceptors (Lipinski definition) is 8. The van der Waals surface area contributed by atoms with Crippen molar-refractivity contribution < 1.29 is 9.72 Å². The molecule has 27 heavy (non-hydrogen) atoms. The Bertz CT molecular complexity index is 1030. The molecule has 0 unspecified atom stereocenters. The van der Waals surface area contributed by atoms with E-state index in [1.54, 1.807) is 0 Å². The van der Waals surface area contributed by atoms with Gasteiger partial charge in [-0.1, -0.05) is 11.8 Å². The fourth-order valence-corrected chi connectivity index (χ4v) is 3.77. The van der Waals surface area contributed by atoms with Crippen molar-refractivity contribution in [1.82, 2.24) is 25.1 Å². The molecule has 0 fully saturated rings. The van der Waals surface area contributed by atoms with Gasteiger partial charge in [-0.25, -0.2) is 4.68 Å². The summed E-state index contributed by atoms with van der Waals surface area (Å²) in [5.74, 6) is 6.46. The lowest BCUT2D eigenvalue weighted by molar-refractivity contribution is -0.384. The highest BCUT2D eigenvalue weighted by Crippen LogP contribution is 2.30. The first kappa shape index (κ1) is 17.2. The van der Waals surface area contributed by atoms with E-state index in [9.17, 15) is 14.9 Å². The minimum atomic E-state index is -0.507. The molecule has 0 saturated carbocycles. The Morgan fingerprint density at radius 3 is 2.81 bits per heavy atom. The number of thioether (sulfide) groups is 1. The molecule has 1 aliphatic rings. The second-order valence-electron chi connectivity index (χ2n) is 6.07. The summed E-state index contributed by atoms with van der Waals surface area (Å²) in [6, 6.07) is 5.48. The standard InChI is InChI=1S/C16H15N7O3S/c17-22-15(14-11-2-1-3-12(11)18-19-14)20-21-16(22)27-8-13(24)9-4-6-10(7-5-9)23(25)26/h4-7H,1-3,8,17H2,(H,18,19). The predicted molar refractivity (Wildman–Crippen MR) is 97.9 cm³/mol. The van der Waals surface area contributed by atoms with Gasteiger partial charge in [0.2, 0.25) is 11.0 Å². The molecule has 0 amide bonds. The number of aromatic nitrogens is 5. The summed E-state index contributed by atoms with van der Waals surface area (Å²) < 4.78 is 1.34. The van der Waals surface area contributed by atoms with Crippen LogP contribution < -0.4 is 5.84 Å². The largest absolute Gasteiger partial charge is 0.335 e. The number of nitro benzene ring substituents is 1. The van der Waals surface area contributed by atoms with Crippen molar-refractivity contribution in [1.29, 1.82) is 0 Å². The number of hydrogen-bond donors (Lipinski definition) is 2. The fraction of sp³-hybridized carbons (Fsp3) is 0.250. The maximum Gasteiger partial charge on any atom is 0.269 e. The number of nitrogens with two attached hydrogens (primary N) is 1. The van der Waals surface area contributed by atoms with Crippen LogP contribution in [-0.4, -0.2) is 41.5 Å². The number of aryl methyl sites for hydroxylation is 1. The van der Waals surface area contributed by atoms with E-state index in [-0.39, 0.29) is 17.2 Å². The van der Waals surface area contributed by atoms with Crippen LogP contribution in [0, 0.1) is 10.1 Å². The maximum absolute atomic E-state index is 12.3. The van der Waals surface area contributed by atoms with Crippen LogP contribution in [0.4, 0.5) is 5.69 Å². The summed E-state index contributed by atoms with van der Waals surface area (Å²) >= 11 is 1.15. The smallest absolute Gasteiger partial charge is 0.269 e. The molecule has 0 atom stereocenters. The number of benzene rings is 1. The van der Waals surface area contributed by atoms with Crippen LogP contribution in [0.15, 0.2) is 29.4 Å². The zero-order valence-corrected chi connectivity index (χ0v) is 14.9. The van der Waals surface area contributed by atoms with Crippen LogP contribution in [0.5, 0.6) is 0 Å². The topological polar surface area (TPSA) is 146 Å². The molecule has 10 nitrogen and oxygen atoms in total. The third-order valence-electron chi connectivity index (χ3n) is 4.42. The third kappa shape index (κ3) is 3.16. The lowest BCUT2D eigenvalue weighted by Crippen LogP contribution is -2.13. The van der Waals surface area contributed by atoms with Gasteiger partial charge in [-0.15, -0.1) is 10.2 Å². The maximum atomic E-state index is 12.3. The molecule has 0 aliphatic heterocycles. The SMILES string of the molecule is Nn1c(SCC(=O)c2ccc([N+](=O)[O-])cc2)nnc1-c1n[nH]c2c1CCC2. The van der Waals surface area contributed by atoms with Crippen LogP contribution in [0.3, 0.4) is 0 Å². The van der Waals surface area contributed by atoms with E-state index in [0.29, 0.717) is 22.2 Å². The van der Waals surface area contributed by atoms with Crippen LogP contribution in [0.1, 0.15) is 28.0 Å². The Labute approximate surface area is 157 Å². The number of nitrogens with zero attached hydrogens (tertiary/aromatic N) is 5. The molecule has 0 spiro atoms. The van der Waals surface area contributed by atoms with Crippen molar-refractivity contribution in [2.24, 2.45) is 0 Å². The first-order valence-corrected chi connectivity index (χ1v) is 9.20. The van der Waals surface area contributed by atoms with Crippen molar-refractivity contribution in [3.05, 3.63) is 51.2 Å². The number of ketones is 1. The zero-order valence-electron chi connectivity index (χ0n) is 14.1. The third-order valence-corrected chi connectivity index (χ3v) is 5.36. The number of nitrogens with one attached hydrogen (secondary N) is 1. The molecular formula is C16H15N7O3S. The van der Waals surface area contributed by atoms with Crippen LogP contribution in [-0.2, 0) is 12.8 Å². The minimum Gasteiger partial charge on any atom is -0.335 e. The summed E-state index contributed by atoms with van der Waals surface area (Å²) in [5, 5.41) is 26.5. The van der Waals surface area contributed by atoms with Crippen molar-refractivity contribution in [2.45, 2.75) is 24.4 Å². The second kappa shape index (κ2) is 6.83. The molecule has 4 rings (SSSR count). The van der Waals surface area contributed by atoms with Crippen LogP contribution in [0.25, 0.3) is 11.5 Å². The number of nitro groups is 1. The van der Waals surface area contributed by atoms with Gasteiger partial charge in [-0.05, 0) is 31.4 Å². The van der Waals surface area contributed by atoms with E-state index >= 15 is 0 Å². The van der Waals surface area contributed by atoms with E-state index in [1.807, 2.05) is 0 Å². The number of aromatic amines is 1. The Balaban J connectivity index is 1.46. The van der Waals surface area contributed by atoms with E-state index in [0.717, 1.165) is 42.3 Å². The zero-order chi connectivity index (χ0) is 19.0. The van der Waals surface area contributed by atoms with Crippen molar-refractivity contribution in [3.63, 3.8) is 0 Å². The Hall–Kier alpha value is -3.21. The predicted octanol–water partition coefficient (Wildman–Crippen LogP) is 1.75. The number of nitrogen functional groups attached to an aromatic ring is 1. The Morgan fingerprint density at radius 2 is 2.07 bits per heavy atom. The van der Waals surface area contributed by atoms with Crippen molar-refractivity contribution in [2.75, 3.05) is 11.6 Å². The monoisotopic (exact) mass is 385 g/mol. The van der Waals surface area contributed by atoms with Crippen LogP contribution in [0.2, 0.25) is 0 Å². The Morgan fingerprint density at radius 1 is 1.30 bits per heavy atom. The molecule has 0 radical (unpaired) electrons. The van der Waals surface area contributed by atoms with Gasteiger partial charge in [-0.3, -0.25) is 20.0 Å². The molecule has 11 heteroatoms. The molecule has 2 aromatic heterocycles. The molecule has 0 saturated heterocycles. The number of H-pyrrole nitrogens is 1. The quantitative estimate of drug-likeness (QED) is 0.214. The highest BCUT2D eigenvalue weighted by molar-refractivity contribution is 7.99. The average molecular weight is 385 g/mol. The molecule has 1 aromatic carbocycles. The van der Waals surface area contributed by atoms with Crippen LogP contribution >= 0.6 is 11.8 Å². The van der Waals surface area contributed by atoms with E-state index in [1.165, 1.54) is 28.9 Å². The van der Waals surface area contributed by atoms with Gasteiger partial charge >= 0.3 is 0 Å². The van der Waals surface area contributed by atoms with Gasteiger partial charge in [0.1, 0.15) is 5.69 Å². The van der Waals surface area contributed by atoms with E-state index in [2.05, 4.69) is 20.4 Å². The molecular weight excluding hydrogens is 370 g/mol. The summed E-state index contributed by atoms with van der Waals surface area (Å²) in [6.45, 7) is 0. The minimum absolute atomic E-state index is 0.0583. The molecule has 138 valence electrons. The molecule has 3 aromatic rings. The summed E-state index contributed by atoms with van der Waals surface area (Å²) in [5.41, 5.74) is 3.26. The lowest BCUT2D eigenvalue weighted by atomic mass is 10.1. The molecule has 3 N–H and O–H groups in total. The Kier molecular flexibility index (Phi) is 4.36. The van der Waals surface area contributed by atoms with Gasteiger partial charge in [0, 0.05) is 29.0 Å². The first-order valence-electron chi connectivity index (χ1n) is 8.22. The summed E-state index contributed by atoms with van der Waals surface area (Å²) in [4.78, 5) is 22.5. The van der Waals surface area contributed by atoms with Gasteiger partial charge in [0.25, 0.3) is 5.69 Å². The lowest BCUT2D eigenvalue weighted by Gasteiger charge is -2.03. The number of non-ortho nitro benzene ring substituents is 1. The number of rotatable bonds is 6. The average Bonchev–Trinajstić information content (AvgIpc) is 3.36. The highest BCUT2D eigenvalue weighted by atomic mass is 32.2. The summed E-state index contributed by atoms with van der Waals surface area (Å²) in [6.07, 6.45) is 2.96. The molecule has 0 bridgehead atoms. The highest BCUT2D eigenvalue weighted by Gasteiger charge is 2.24. The normalized spacial score (nSPS) is 12.9. The van der Waals surface area contributed by atoms with E-state index in [4.69, 9.17) is 5.84 Å². The number of Topliss-reactive ketones (excluding diaryl/α,β-unsaturated/α-hetero) is 1. The van der Waals surface area contributed by atoms with Gasteiger partial charge < -0.3 is 5.84 Å². The second-order valence-corrected chi connectivity index (χ2v) is 7.02. The van der Waals surface area contributed by atoms with Crippen molar-refractivity contribution >= 4 is 23.2 Å². The summed E-state index contributed by atoms with van der Waals surface area (Å²) in [7, 11) is 0. The first-order chi connectivity index (χ1) is 13.0. The fourth-order valence-electron chi connectivity index (χ4n) is 3.02. The number of carbonyl (C=O) groups is 1. The molecule has 2 heterocycles.